The molecule has 2 N–H and O–H groups in total. The van der Waals surface area contributed by atoms with Crippen LogP contribution in [0.3, 0.4) is 0 Å². The molecule has 0 bridgehead atoms. The number of carbonyl (C=O) groups excluding carboxylic acids is 1. The van der Waals surface area contributed by atoms with E-state index in [4.69, 9.17) is 14.6 Å². The van der Waals surface area contributed by atoms with E-state index in [0.29, 0.717) is 31.7 Å². The largest absolute Gasteiger partial charge is 0.465 e. The van der Waals surface area contributed by atoms with Gasteiger partial charge in [-0.05, 0) is 31.4 Å². The van der Waals surface area contributed by atoms with Crippen LogP contribution in [0.4, 0.5) is 4.79 Å². The molecule has 2 rings (SSSR count). The predicted molar refractivity (Wildman–Crippen MR) is 94.9 cm³/mol. The molecule has 0 aromatic heterocycles. The minimum atomic E-state index is -1.35. The van der Waals surface area contributed by atoms with Gasteiger partial charge in [-0.1, -0.05) is 24.3 Å². The average molecular weight is 365 g/mol. The Labute approximate surface area is 153 Å². The number of aldehydes is 1. The Morgan fingerprint density at radius 1 is 1.35 bits per heavy atom. The first-order chi connectivity index (χ1) is 12.4. The molecule has 7 nitrogen and oxygen atoms in total. The maximum Gasteiger partial charge on any atom is 0.407 e. The van der Waals surface area contributed by atoms with Gasteiger partial charge in [0.1, 0.15) is 11.9 Å². The molecule has 1 saturated heterocycles. The number of carbonyl (C=O) groups is 2. The van der Waals surface area contributed by atoms with E-state index in [1.54, 1.807) is 12.1 Å². The summed E-state index contributed by atoms with van der Waals surface area (Å²) in [7, 11) is 0. The molecule has 0 aliphatic carbocycles. The molecule has 2 atom stereocenters. The van der Waals surface area contributed by atoms with Crippen LogP contribution in [0.5, 0.6) is 0 Å². The third-order valence-electron chi connectivity index (χ3n) is 4.63. The van der Waals surface area contributed by atoms with Gasteiger partial charge in [-0.15, -0.1) is 0 Å². The molecule has 1 aliphatic rings. The molecule has 1 amide bonds. The summed E-state index contributed by atoms with van der Waals surface area (Å²) >= 11 is 0. The Balaban J connectivity index is 1.96. The summed E-state index contributed by atoms with van der Waals surface area (Å²) < 4.78 is 11.0. The van der Waals surface area contributed by atoms with Gasteiger partial charge >= 0.3 is 6.09 Å². The summed E-state index contributed by atoms with van der Waals surface area (Å²) in [6, 6.07) is 7.25. The van der Waals surface area contributed by atoms with Gasteiger partial charge in [0.25, 0.3) is 0 Å². The SMILES string of the molecule is CC(C)OCCOCc1ccc(C2(O)CCN(C(=O)O)CC2C=O)cc1. The molecule has 0 radical (unpaired) electrons. The molecule has 144 valence electrons. The van der Waals surface area contributed by atoms with Crippen molar-refractivity contribution in [3.63, 3.8) is 0 Å². The lowest BCUT2D eigenvalue weighted by atomic mass is 9.76. The second-order valence-corrected chi connectivity index (χ2v) is 6.81. The van der Waals surface area contributed by atoms with Gasteiger partial charge < -0.3 is 29.4 Å². The number of benzene rings is 1. The summed E-state index contributed by atoms with van der Waals surface area (Å²) in [6.45, 7) is 5.60. The van der Waals surface area contributed by atoms with Crippen LogP contribution in [0, 0.1) is 5.92 Å². The van der Waals surface area contributed by atoms with E-state index in [9.17, 15) is 14.7 Å². The smallest absolute Gasteiger partial charge is 0.407 e. The molecule has 1 aliphatic heterocycles. The van der Waals surface area contributed by atoms with Gasteiger partial charge in [0.15, 0.2) is 0 Å². The summed E-state index contributed by atoms with van der Waals surface area (Å²) in [5, 5.41) is 20.1. The highest BCUT2D eigenvalue weighted by Gasteiger charge is 2.44. The van der Waals surface area contributed by atoms with E-state index in [2.05, 4.69) is 0 Å². The van der Waals surface area contributed by atoms with Crippen molar-refractivity contribution < 1.29 is 29.3 Å². The van der Waals surface area contributed by atoms with Crippen molar-refractivity contribution >= 4 is 12.4 Å². The van der Waals surface area contributed by atoms with Gasteiger partial charge in [0.05, 0.1) is 31.8 Å². The molecule has 2 unspecified atom stereocenters. The summed E-state index contributed by atoms with van der Waals surface area (Å²) in [4.78, 5) is 23.7. The molecule has 0 saturated carbocycles. The lowest BCUT2D eigenvalue weighted by Crippen LogP contribution is -2.52. The monoisotopic (exact) mass is 365 g/mol. The third kappa shape index (κ3) is 5.03. The Kier molecular flexibility index (Phi) is 7.14. The molecule has 7 heteroatoms. The van der Waals surface area contributed by atoms with E-state index in [-0.39, 0.29) is 25.6 Å². The first kappa shape index (κ1) is 20.4. The maximum atomic E-state index is 11.4. The van der Waals surface area contributed by atoms with Crippen LogP contribution in [-0.4, -0.2) is 59.9 Å². The molecule has 1 fully saturated rings. The zero-order valence-corrected chi connectivity index (χ0v) is 15.3. The van der Waals surface area contributed by atoms with Crippen molar-refractivity contribution in [1.82, 2.24) is 4.90 Å². The van der Waals surface area contributed by atoms with Crippen LogP contribution >= 0.6 is 0 Å². The lowest BCUT2D eigenvalue weighted by Gasteiger charge is -2.41. The molecular formula is C19H27NO6. The Bertz CT molecular complexity index is 603. The number of likely N-dealkylation sites (tertiary alicyclic amines) is 1. The van der Waals surface area contributed by atoms with Crippen molar-refractivity contribution in [3.8, 4) is 0 Å². The summed E-state index contributed by atoms with van der Waals surface area (Å²) in [5.74, 6) is -0.789. The van der Waals surface area contributed by atoms with Crippen LogP contribution in [-0.2, 0) is 26.5 Å². The van der Waals surface area contributed by atoms with Crippen LogP contribution in [0.25, 0.3) is 0 Å². The second-order valence-electron chi connectivity index (χ2n) is 6.81. The Morgan fingerprint density at radius 2 is 2.04 bits per heavy atom. The summed E-state index contributed by atoms with van der Waals surface area (Å²) in [6.07, 6.45) is -0.0730. The number of ether oxygens (including phenoxy) is 2. The van der Waals surface area contributed by atoms with E-state index < -0.39 is 17.6 Å². The van der Waals surface area contributed by atoms with E-state index in [0.717, 1.165) is 10.5 Å². The van der Waals surface area contributed by atoms with Crippen molar-refractivity contribution in [2.45, 2.75) is 38.6 Å². The van der Waals surface area contributed by atoms with Crippen molar-refractivity contribution in [3.05, 3.63) is 35.4 Å². The third-order valence-corrected chi connectivity index (χ3v) is 4.63. The predicted octanol–water partition coefficient (Wildman–Crippen LogP) is 2.01. The highest BCUT2D eigenvalue weighted by Crippen LogP contribution is 2.36. The molecule has 1 heterocycles. The quantitative estimate of drug-likeness (QED) is 0.540. The number of aliphatic hydroxyl groups is 1. The van der Waals surface area contributed by atoms with E-state index in [1.165, 1.54) is 0 Å². The van der Waals surface area contributed by atoms with Crippen LogP contribution in [0.15, 0.2) is 24.3 Å². The number of hydrogen-bond donors (Lipinski definition) is 2. The zero-order chi connectivity index (χ0) is 19.2. The van der Waals surface area contributed by atoms with Gasteiger partial charge in [-0.3, -0.25) is 0 Å². The van der Waals surface area contributed by atoms with Gasteiger partial charge in [-0.2, -0.15) is 0 Å². The molecular weight excluding hydrogens is 338 g/mol. The number of hydrogen-bond acceptors (Lipinski definition) is 5. The lowest BCUT2D eigenvalue weighted by molar-refractivity contribution is -0.127. The Hall–Kier alpha value is -1.96. The number of piperidine rings is 1. The molecule has 1 aromatic rings. The first-order valence-electron chi connectivity index (χ1n) is 8.81. The van der Waals surface area contributed by atoms with Gasteiger partial charge in [0, 0.05) is 13.1 Å². The minimum absolute atomic E-state index is 0.00392. The van der Waals surface area contributed by atoms with Crippen LogP contribution < -0.4 is 0 Å². The standard InChI is InChI=1S/C19H27NO6/c1-14(2)26-10-9-25-13-15-3-5-16(6-4-15)19(24)7-8-20(18(22)23)11-17(19)12-21/h3-6,12,14,17,24H,7-11,13H2,1-2H3,(H,22,23). The first-order valence-corrected chi connectivity index (χ1v) is 8.81. The number of carboxylic acid groups (broad SMARTS) is 1. The fraction of sp³-hybridized carbons (Fsp3) is 0.579. The zero-order valence-electron chi connectivity index (χ0n) is 15.3. The van der Waals surface area contributed by atoms with Gasteiger partial charge in [0.2, 0.25) is 0 Å². The topological polar surface area (TPSA) is 96.3 Å². The fourth-order valence-corrected chi connectivity index (χ4v) is 3.08. The highest BCUT2D eigenvalue weighted by molar-refractivity contribution is 5.67. The summed E-state index contributed by atoms with van der Waals surface area (Å²) in [5.41, 5.74) is 0.220. The number of rotatable bonds is 8. The maximum absolute atomic E-state index is 11.4. The molecule has 1 aromatic carbocycles. The van der Waals surface area contributed by atoms with Crippen molar-refractivity contribution in [1.29, 1.82) is 0 Å². The average Bonchev–Trinajstić information content (AvgIpc) is 2.61. The van der Waals surface area contributed by atoms with E-state index >= 15 is 0 Å². The second kappa shape index (κ2) is 9.12. The van der Waals surface area contributed by atoms with Gasteiger partial charge in [-0.25, -0.2) is 4.79 Å². The normalized spacial score (nSPS) is 23.2. The minimum Gasteiger partial charge on any atom is -0.465 e. The molecule has 26 heavy (non-hydrogen) atoms. The van der Waals surface area contributed by atoms with Crippen molar-refractivity contribution in [2.24, 2.45) is 5.92 Å². The highest BCUT2D eigenvalue weighted by atomic mass is 16.5. The van der Waals surface area contributed by atoms with E-state index in [1.807, 2.05) is 26.0 Å². The van der Waals surface area contributed by atoms with Crippen molar-refractivity contribution in [2.75, 3.05) is 26.3 Å². The number of nitrogens with zero attached hydrogens (tertiary/aromatic N) is 1. The molecule has 0 spiro atoms. The van der Waals surface area contributed by atoms with Crippen LogP contribution in [0.2, 0.25) is 0 Å². The number of amides is 1. The van der Waals surface area contributed by atoms with Crippen LogP contribution in [0.1, 0.15) is 31.4 Å². The Morgan fingerprint density at radius 3 is 2.62 bits per heavy atom. The fourth-order valence-electron chi connectivity index (χ4n) is 3.08.